The van der Waals surface area contributed by atoms with Crippen LogP contribution in [0.4, 0.5) is 0 Å². The van der Waals surface area contributed by atoms with E-state index in [-0.39, 0.29) is 12.0 Å². The lowest BCUT2D eigenvalue weighted by atomic mass is 10.0. The summed E-state index contributed by atoms with van der Waals surface area (Å²) in [6.07, 6.45) is 5.94. The largest absolute Gasteiger partial charge is 0.379 e. The van der Waals surface area contributed by atoms with Crippen LogP contribution < -0.4 is 0 Å². The third-order valence-corrected chi connectivity index (χ3v) is 4.52. The van der Waals surface area contributed by atoms with Crippen molar-refractivity contribution in [2.75, 3.05) is 20.2 Å². The van der Waals surface area contributed by atoms with E-state index in [0.29, 0.717) is 0 Å². The molecule has 0 unspecified atom stereocenters. The average Bonchev–Trinajstić information content (AvgIpc) is 3.36. The molecule has 7 nitrogen and oxygen atoms in total. The van der Waals surface area contributed by atoms with Crippen molar-refractivity contribution in [3.8, 4) is 5.69 Å². The van der Waals surface area contributed by atoms with Crippen LogP contribution in [-0.2, 0) is 11.3 Å². The lowest BCUT2D eigenvalue weighted by Gasteiger charge is -2.13. The molecular weight excluding hydrogens is 304 g/mol. The van der Waals surface area contributed by atoms with Gasteiger partial charge in [0.05, 0.1) is 29.9 Å². The number of likely N-dealkylation sites (tertiary alicyclic amines) is 1. The van der Waals surface area contributed by atoms with E-state index in [1.807, 2.05) is 41.2 Å². The highest BCUT2D eigenvalue weighted by molar-refractivity contribution is 5.30. The molecule has 0 amide bonds. The summed E-state index contributed by atoms with van der Waals surface area (Å²) in [6, 6.07) is 10.1. The molecule has 0 saturated carbocycles. The summed E-state index contributed by atoms with van der Waals surface area (Å²) in [5, 5.41) is 15.3. The molecule has 0 radical (unpaired) electrons. The first-order valence-corrected chi connectivity index (χ1v) is 8.03. The Balaban J connectivity index is 1.46. The number of nitrogens with zero attached hydrogens (tertiary/aromatic N) is 5. The molecule has 3 aromatic rings. The fraction of sp³-hybridized carbons (Fsp3) is 0.353. The molecule has 0 bridgehead atoms. The third kappa shape index (κ3) is 2.95. The minimum atomic E-state index is 0.138. The van der Waals surface area contributed by atoms with Gasteiger partial charge in [0.25, 0.3) is 0 Å². The quantitative estimate of drug-likeness (QED) is 0.772. The van der Waals surface area contributed by atoms with Gasteiger partial charge in [0.15, 0.2) is 0 Å². The van der Waals surface area contributed by atoms with E-state index in [2.05, 4.69) is 31.6 Å². The van der Waals surface area contributed by atoms with Crippen LogP contribution in [-0.4, -0.2) is 56.4 Å². The lowest BCUT2D eigenvalue weighted by molar-refractivity contribution is 0.0957. The topological polar surface area (TPSA) is 71.9 Å². The molecular formula is C17H20N6O. The van der Waals surface area contributed by atoms with E-state index in [4.69, 9.17) is 4.74 Å². The van der Waals surface area contributed by atoms with E-state index >= 15 is 0 Å². The second kappa shape index (κ2) is 6.54. The van der Waals surface area contributed by atoms with Crippen molar-refractivity contribution in [3.63, 3.8) is 0 Å². The molecule has 124 valence electrons. The smallest absolute Gasteiger partial charge is 0.0894 e. The van der Waals surface area contributed by atoms with Gasteiger partial charge in [-0.15, -0.1) is 0 Å². The zero-order chi connectivity index (χ0) is 16.4. The predicted molar refractivity (Wildman–Crippen MR) is 88.8 cm³/mol. The molecule has 1 aromatic carbocycles. The molecule has 2 atom stereocenters. The number of H-pyrrole nitrogens is 1. The molecule has 1 saturated heterocycles. The number of aromatic amines is 1. The van der Waals surface area contributed by atoms with Gasteiger partial charge in [-0.05, 0) is 12.1 Å². The van der Waals surface area contributed by atoms with Gasteiger partial charge >= 0.3 is 0 Å². The molecule has 1 N–H and O–H groups in total. The Morgan fingerprint density at radius 1 is 1.21 bits per heavy atom. The molecule has 4 rings (SSSR count). The fourth-order valence-corrected chi connectivity index (χ4v) is 3.31. The van der Waals surface area contributed by atoms with Crippen molar-refractivity contribution in [1.29, 1.82) is 0 Å². The first kappa shape index (κ1) is 15.0. The molecule has 24 heavy (non-hydrogen) atoms. The SMILES string of the molecule is CO[C@@H]1CN(Cc2cnn(-c3ccccc3)c2)C[C@H]1c1cn[nH]n1. The van der Waals surface area contributed by atoms with Crippen molar-refractivity contribution < 1.29 is 4.74 Å². The van der Waals surface area contributed by atoms with Crippen molar-refractivity contribution in [1.82, 2.24) is 30.1 Å². The van der Waals surface area contributed by atoms with Crippen LogP contribution in [0.3, 0.4) is 0 Å². The van der Waals surface area contributed by atoms with Gasteiger partial charge in [-0.1, -0.05) is 18.2 Å². The zero-order valence-electron chi connectivity index (χ0n) is 13.5. The van der Waals surface area contributed by atoms with Crippen LogP contribution in [0.5, 0.6) is 0 Å². The Hall–Kier alpha value is -2.51. The number of ether oxygens (including phenoxy) is 1. The summed E-state index contributed by atoms with van der Waals surface area (Å²) in [7, 11) is 1.76. The summed E-state index contributed by atoms with van der Waals surface area (Å²) in [4.78, 5) is 2.37. The number of para-hydroxylation sites is 1. The Morgan fingerprint density at radius 3 is 2.83 bits per heavy atom. The van der Waals surface area contributed by atoms with Crippen LogP contribution in [0.25, 0.3) is 5.69 Å². The first-order chi connectivity index (χ1) is 11.8. The van der Waals surface area contributed by atoms with Crippen LogP contribution in [0, 0.1) is 0 Å². The molecule has 1 fully saturated rings. The van der Waals surface area contributed by atoms with Gasteiger partial charge in [0.2, 0.25) is 0 Å². The highest BCUT2D eigenvalue weighted by atomic mass is 16.5. The Kier molecular flexibility index (Phi) is 4.10. The zero-order valence-corrected chi connectivity index (χ0v) is 13.5. The van der Waals surface area contributed by atoms with E-state index in [9.17, 15) is 0 Å². The maximum atomic E-state index is 5.65. The van der Waals surface area contributed by atoms with Gasteiger partial charge < -0.3 is 4.74 Å². The van der Waals surface area contributed by atoms with Crippen molar-refractivity contribution in [2.45, 2.75) is 18.6 Å². The summed E-state index contributed by atoms with van der Waals surface area (Å²) in [5.41, 5.74) is 3.22. The summed E-state index contributed by atoms with van der Waals surface area (Å²) in [6.45, 7) is 2.63. The minimum Gasteiger partial charge on any atom is -0.379 e. The van der Waals surface area contributed by atoms with Crippen molar-refractivity contribution >= 4 is 0 Å². The number of rotatable bonds is 5. The molecule has 3 heterocycles. The monoisotopic (exact) mass is 324 g/mol. The van der Waals surface area contributed by atoms with Gasteiger partial charge in [-0.25, -0.2) is 4.68 Å². The number of methoxy groups -OCH3 is 1. The van der Waals surface area contributed by atoms with Crippen molar-refractivity contribution in [2.24, 2.45) is 0 Å². The van der Waals surface area contributed by atoms with Gasteiger partial charge in [0, 0.05) is 44.4 Å². The summed E-state index contributed by atoms with van der Waals surface area (Å²) in [5.74, 6) is 0.248. The number of aromatic nitrogens is 5. The van der Waals surface area contributed by atoms with Gasteiger partial charge in [-0.3, -0.25) is 4.90 Å². The molecule has 1 aliphatic heterocycles. The van der Waals surface area contributed by atoms with Gasteiger partial charge in [0.1, 0.15) is 0 Å². The normalized spacial score (nSPS) is 21.4. The number of benzene rings is 1. The second-order valence-electron chi connectivity index (χ2n) is 6.10. The van der Waals surface area contributed by atoms with Crippen molar-refractivity contribution in [3.05, 3.63) is 60.2 Å². The third-order valence-electron chi connectivity index (χ3n) is 4.52. The average molecular weight is 324 g/mol. The van der Waals surface area contributed by atoms with E-state index in [1.54, 1.807) is 13.3 Å². The van der Waals surface area contributed by atoms with Crippen LogP contribution >= 0.6 is 0 Å². The summed E-state index contributed by atoms with van der Waals surface area (Å²) >= 11 is 0. The Morgan fingerprint density at radius 2 is 2.08 bits per heavy atom. The van der Waals surface area contributed by atoms with E-state index in [1.165, 1.54) is 5.56 Å². The molecule has 2 aromatic heterocycles. The van der Waals surface area contributed by atoms with Crippen LogP contribution in [0.2, 0.25) is 0 Å². The highest BCUT2D eigenvalue weighted by Gasteiger charge is 2.35. The first-order valence-electron chi connectivity index (χ1n) is 8.03. The highest BCUT2D eigenvalue weighted by Crippen LogP contribution is 2.28. The molecule has 0 aliphatic carbocycles. The maximum Gasteiger partial charge on any atom is 0.0894 e. The van der Waals surface area contributed by atoms with E-state index in [0.717, 1.165) is 31.0 Å². The molecule has 1 aliphatic rings. The maximum absolute atomic E-state index is 5.65. The molecule has 7 heteroatoms. The predicted octanol–water partition coefficient (Wildman–Crippen LogP) is 1.60. The molecule has 0 spiro atoms. The Bertz CT molecular complexity index is 770. The van der Waals surface area contributed by atoms with E-state index < -0.39 is 0 Å². The lowest BCUT2D eigenvalue weighted by Crippen LogP contribution is -2.22. The van der Waals surface area contributed by atoms with Crippen LogP contribution in [0.15, 0.2) is 48.9 Å². The Labute approximate surface area is 140 Å². The number of hydrogen-bond acceptors (Lipinski definition) is 5. The number of nitrogens with one attached hydrogen (secondary N) is 1. The standard InChI is InChI=1S/C17H20N6O/c1-24-17-12-22(11-15(17)16-8-18-21-20-16)9-13-7-19-23(10-13)14-5-3-2-4-6-14/h2-8,10,15,17H,9,11-12H2,1H3,(H,18,20,21)/t15-,17+/m0/s1. The minimum absolute atomic E-state index is 0.138. The summed E-state index contributed by atoms with van der Waals surface area (Å²) < 4.78 is 7.56. The number of hydrogen-bond donors (Lipinski definition) is 1. The fourth-order valence-electron chi connectivity index (χ4n) is 3.31. The van der Waals surface area contributed by atoms with Crippen LogP contribution in [0.1, 0.15) is 17.2 Å². The van der Waals surface area contributed by atoms with Gasteiger partial charge in [-0.2, -0.15) is 20.5 Å². The second-order valence-corrected chi connectivity index (χ2v) is 6.10.